The van der Waals surface area contributed by atoms with Crippen LogP contribution in [-0.2, 0) is 4.74 Å². The summed E-state index contributed by atoms with van der Waals surface area (Å²) in [6.45, 7) is 5.26. The van der Waals surface area contributed by atoms with Gasteiger partial charge in [-0.05, 0) is 31.3 Å². The fourth-order valence-corrected chi connectivity index (χ4v) is 2.75. The van der Waals surface area contributed by atoms with Gasteiger partial charge in [0.05, 0.1) is 24.3 Å². The van der Waals surface area contributed by atoms with Crippen molar-refractivity contribution >= 4 is 0 Å². The Morgan fingerprint density at radius 1 is 1.55 bits per heavy atom. The zero-order valence-electron chi connectivity index (χ0n) is 11.9. The lowest BCUT2D eigenvalue weighted by Gasteiger charge is -2.41. The number of ether oxygens (including phenoxy) is 1. The van der Waals surface area contributed by atoms with Gasteiger partial charge in [-0.2, -0.15) is 5.26 Å². The maximum absolute atomic E-state index is 13.5. The summed E-state index contributed by atoms with van der Waals surface area (Å²) < 4.78 is 19.3. The monoisotopic (exact) mass is 277 g/mol. The molecule has 1 heterocycles. The van der Waals surface area contributed by atoms with E-state index in [0.717, 1.165) is 25.2 Å². The highest BCUT2D eigenvalue weighted by Crippen LogP contribution is 2.30. The van der Waals surface area contributed by atoms with Crippen molar-refractivity contribution in [2.75, 3.05) is 33.3 Å². The maximum Gasteiger partial charge on any atom is 0.140 e. The number of hydrogen-bond acceptors (Lipinski definition) is 4. The predicted molar refractivity (Wildman–Crippen MR) is 74.8 cm³/mol. The fourth-order valence-electron chi connectivity index (χ4n) is 2.75. The van der Waals surface area contributed by atoms with Crippen molar-refractivity contribution in [3.8, 4) is 6.07 Å². The van der Waals surface area contributed by atoms with Crippen LogP contribution in [0.15, 0.2) is 18.2 Å². The van der Waals surface area contributed by atoms with E-state index in [-0.39, 0.29) is 17.7 Å². The second-order valence-electron chi connectivity index (χ2n) is 4.89. The third-order valence-electron chi connectivity index (χ3n) is 3.72. The average molecular weight is 277 g/mol. The molecular formula is C15H20FN3O. The van der Waals surface area contributed by atoms with Gasteiger partial charge in [-0.1, -0.05) is 13.0 Å². The molecule has 2 unspecified atom stereocenters. The van der Waals surface area contributed by atoms with Gasteiger partial charge in [0.1, 0.15) is 11.9 Å². The number of rotatable bonds is 4. The van der Waals surface area contributed by atoms with Crippen LogP contribution in [0.3, 0.4) is 0 Å². The van der Waals surface area contributed by atoms with Gasteiger partial charge in [0.2, 0.25) is 0 Å². The van der Waals surface area contributed by atoms with Gasteiger partial charge in [0, 0.05) is 13.1 Å². The molecule has 0 aromatic heterocycles. The van der Waals surface area contributed by atoms with E-state index in [2.05, 4.69) is 17.1 Å². The minimum absolute atomic E-state index is 0.00528. The molecule has 0 aliphatic carbocycles. The molecule has 1 fully saturated rings. The zero-order chi connectivity index (χ0) is 14.5. The number of halogens is 1. The average Bonchev–Trinajstić information content (AvgIpc) is 2.48. The predicted octanol–water partition coefficient (Wildman–Crippen LogP) is 1.68. The number of likely N-dealkylation sites (N-methyl/N-ethyl adjacent to an activating group) is 2. The Balaban J connectivity index is 2.35. The van der Waals surface area contributed by atoms with Gasteiger partial charge in [-0.15, -0.1) is 0 Å². The second kappa shape index (κ2) is 6.80. The first-order valence-corrected chi connectivity index (χ1v) is 6.91. The first-order chi connectivity index (χ1) is 9.71. The normalized spacial score (nSPS) is 23.5. The van der Waals surface area contributed by atoms with Gasteiger partial charge < -0.3 is 10.1 Å². The van der Waals surface area contributed by atoms with E-state index in [9.17, 15) is 4.39 Å². The van der Waals surface area contributed by atoms with E-state index < -0.39 is 5.82 Å². The third-order valence-corrected chi connectivity index (χ3v) is 3.72. The summed E-state index contributed by atoms with van der Waals surface area (Å²) in [7, 11) is 1.89. The van der Waals surface area contributed by atoms with Crippen LogP contribution in [0.25, 0.3) is 0 Å². The molecule has 1 saturated heterocycles. The molecule has 108 valence electrons. The number of benzene rings is 1. The van der Waals surface area contributed by atoms with E-state index in [1.54, 1.807) is 12.1 Å². The minimum Gasteiger partial charge on any atom is -0.374 e. The van der Waals surface area contributed by atoms with Crippen LogP contribution in [0.5, 0.6) is 0 Å². The van der Waals surface area contributed by atoms with Crippen molar-refractivity contribution in [3.63, 3.8) is 0 Å². The molecule has 1 N–H and O–H groups in total. The topological polar surface area (TPSA) is 48.3 Å². The van der Waals surface area contributed by atoms with Crippen LogP contribution in [0, 0.1) is 17.1 Å². The van der Waals surface area contributed by atoms with E-state index in [1.807, 2.05) is 13.1 Å². The Bertz CT molecular complexity index is 498. The number of nitriles is 1. The summed E-state index contributed by atoms with van der Waals surface area (Å²) in [5.74, 6) is -0.471. The van der Waals surface area contributed by atoms with Crippen molar-refractivity contribution in [3.05, 3.63) is 35.1 Å². The molecule has 20 heavy (non-hydrogen) atoms. The first-order valence-electron chi connectivity index (χ1n) is 6.91. The Hall–Kier alpha value is -1.48. The van der Waals surface area contributed by atoms with Crippen molar-refractivity contribution in [2.24, 2.45) is 0 Å². The van der Waals surface area contributed by atoms with E-state index in [0.29, 0.717) is 6.61 Å². The molecule has 1 aliphatic heterocycles. The number of hydrogen-bond donors (Lipinski definition) is 1. The van der Waals surface area contributed by atoms with Crippen LogP contribution in [0.2, 0.25) is 0 Å². The summed E-state index contributed by atoms with van der Waals surface area (Å²) >= 11 is 0. The molecule has 2 atom stereocenters. The quantitative estimate of drug-likeness (QED) is 0.909. The lowest BCUT2D eigenvalue weighted by atomic mass is 9.96. The number of nitrogens with one attached hydrogen (secondary N) is 1. The number of morpholine rings is 1. The highest BCUT2D eigenvalue weighted by molar-refractivity contribution is 5.36. The van der Waals surface area contributed by atoms with Crippen molar-refractivity contribution in [1.82, 2.24) is 10.2 Å². The molecule has 4 nitrogen and oxygen atoms in total. The maximum atomic E-state index is 13.5. The first kappa shape index (κ1) is 14.9. The van der Waals surface area contributed by atoms with Crippen LogP contribution in [-0.4, -0.2) is 44.3 Å². The van der Waals surface area contributed by atoms with Crippen molar-refractivity contribution in [2.45, 2.75) is 19.1 Å². The largest absolute Gasteiger partial charge is 0.374 e. The lowest BCUT2D eigenvalue weighted by Crippen LogP contribution is -2.48. The summed E-state index contributed by atoms with van der Waals surface area (Å²) in [4.78, 5) is 2.31. The van der Waals surface area contributed by atoms with Crippen LogP contribution in [0.4, 0.5) is 4.39 Å². The molecule has 5 heteroatoms. The number of nitrogens with zero attached hydrogens (tertiary/aromatic N) is 2. The molecule has 0 bridgehead atoms. The summed E-state index contributed by atoms with van der Waals surface area (Å²) in [6, 6.07) is 6.71. The van der Waals surface area contributed by atoms with Crippen LogP contribution in [0.1, 0.15) is 24.1 Å². The third kappa shape index (κ3) is 2.98. The van der Waals surface area contributed by atoms with Gasteiger partial charge in [-0.3, -0.25) is 4.90 Å². The molecule has 1 aliphatic rings. The molecule has 2 rings (SSSR count). The van der Waals surface area contributed by atoms with Crippen molar-refractivity contribution in [1.29, 1.82) is 5.26 Å². The smallest absolute Gasteiger partial charge is 0.140 e. The highest BCUT2D eigenvalue weighted by atomic mass is 19.1. The van der Waals surface area contributed by atoms with E-state index >= 15 is 0 Å². The molecule has 0 spiro atoms. The Morgan fingerprint density at radius 2 is 2.35 bits per heavy atom. The zero-order valence-corrected chi connectivity index (χ0v) is 11.9. The van der Waals surface area contributed by atoms with E-state index in [4.69, 9.17) is 10.00 Å². The Kier molecular flexibility index (Phi) is 5.07. The van der Waals surface area contributed by atoms with Gasteiger partial charge in [-0.25, -0.2) is 4.39 Å². The fraction of sp³-hybridized carbons (Fsp3) is 0.533. The summed E-state index contributed by atoms with van der Waals surface area (Å²) in [6.07, 6.45) is 0.00528. The SMILES string of the molecule is CCN1CCOC(CNC)C1c1ccc(F)c(C#N)c1. The van der Waals surface area contributed by atoms with Crippen LogP contribution >= 0.6 is 0 Å². The van der Waals surface area contributed by atoms with Gasteiger partial charge in [0.15, 0.2) is 0 Å². The molecule has 0 amide bonds. The molecule has 1 aromatic rings. The van der Waals surface area contributed by atoms with E-state index in [1.165, 1.54) is 6.07 Å². The standard InChI is InChI=1S/C15H20FN3O/c1-3-19-6-7-20-14(10-18-2)15(19)11-4-5-13(16)12(8-11)9-17/h4-5,8,14-15,18H,3,6-7,10H2,1-2H3. The van der Waals surface area contributed by atoms with Gasteiger partial charge >= 0.3 is 0 Å². The Labute approximate surface area is 119 Å². The molecule has 1 aromatic carbocycles. The van der Waals surface area contributed by atoms with Crippen LogP contribution < -0.4 is 5.32 Å². The lowest BCUT2D eigenvalue weighted by molar-refractivity contribution is -0.0686. The second-order valence-corrected chi connectivity index (χ2v) is 4.89. The molecule has 0 saturated carbocycles. The minimum atomic E-state index is -0.471. The molecular weight excluding hydrogens is 257 g/mol. The molecule has 0 radical (unpaired) electrons. The highest BCUT2D eigenvalue weighted by Gasteiger charge is 2.32. The Morgan fingerprint density at radius 3 is 3.00 bits per heavy atom. The summed E-state index contributed by atoms with van der Waals surface area (Å²) in [5.41, 5.74) is 1.03. The summed E-state index contributed by atoms with van der Waals surface area (Å²) in [5, 5.41) is 12.1. The van der Waals surface area contributed by atoms with Gasteiger partial charge in [0.25, 0.3) is 0 Å². The van der Waals surface area contributed by atoms with Crippen molar-refractivity contribution < 1.29 is 9.13 Å².